The molecule has 0 saturated carbocycles. The van der Waals surface area contributed by atoms with Crippen LogP contribution in [0.25, 0.3) is 0 Å². The zero-order valence-corrected chi connectivity index (χ0v) is 15.2. The van der Waals surface area contributed by atoms with Crippen LogP contribution in [0.2, 0.25) is 0 Å². The average molecular weight is 369 g/mol. The third kappa shape index (κ3) is 5.42. The first kappa shape index (κ1) is 19.7. The van der Waals surface area contributed by atoms with Crippen LogP contribution in [0.1, 0.15) is 25.5 Å². The molecule has 0 spiro atoms. The van der Waals surface area contributed by atoms with Gasteiger partial charge in [0.1, 0.15) is 11.9 Å². The quantitative estimate of drug-likeness (QED) is 0.446. The maximum absolute atomic E-state index is 12.2. The highest BCUT2D eigenvalue weighted by Crippen LogP contribution is 2.23. The summed E-state index contributed by atoms with van der Waals surface area (Å²) in [5.74, 6) is -0.530. The molecule has 0 bridgehead atoms. The van der Waals surface area contributed by atoms with E-state index in [1.54, 1.807) is 19.1 Å². The van der Waals surface area contributed by atoms with E-state index in [9.17, 15) is 4.79 Å². The van der Waals surface area contributed by atoms with Crippen LogP contribution < -0.4 is 22.1 Å². The van der Waals surface area contributed by atoms with E-state index in [2.05, 4.69) is 10.6 Å². The van der Waals surface area contributed by atoms with E-state index in [4.69, 9.17) is 32.5 Å². The topological polar surface area (TPSA) is 112 Å². The highest BCUT2D eigenvalue weighted by Gasteiger charge is 2.20. The summed E-state index contributed by atoms with van der Waals surface area (Å²) in [6.45, 7) is 5.77. The van der Waals surface area contributed by atoms with Gasteiger partial charge in [-0.25, -0.2) is 0 Å². The summed E-state index contributed by atoms with van der Waals surface area (Å²) in [7, 11) is 0. The summed E-state index contributed by atoms with van der Waals surface area (Å²) < 4.78 is 11.0. The van der Waals surface area contributed by atoms with Gasteiger partial charge in [0.15, 0.2) is 0 Å². The largest absolute Gasteiger partial charge is 0.393 e. The molecule has 1 aromatic carbocycles. The predicted octanol–water partition coefficient (Wildman–Crippen LogP) is 1.40. The molecule has 1 fully saturated rings. The number of ether oxygens (including phenoxy) is 2. The third-order valence-corrected chi connectivity index (χ3v) is 4.22. The van der Waals surface area contributed by atoms with Gasteiger partial charge in [0.2, 0.25) is 0 Å². The SMILES string of the molecule is CCOC(N)/C(Cl)=C(\N)C(=O)Nc1ccc([C@H]2CNC[C@@H](C)O2)cc1. The van der Waals surface area contributed by atoms with Gasteiger partial charge in [-0.1, -0.05) is 23.7 Å². The summed E-state index contributed by atoms with van der Waals surface area (Å²) in [4.78, 5) is 12.2. The van der Waals surface area contributed by atoms with Crippen LogP contribution in [0.3, 0.4) is 0 Å². The zero-order chi connectivity index (χ0) is 18.4. The van der Waals surface area contributed by atoms with Gasteiger partial charge in [-0.3, -0.25) is 4.79 Å². The van der Waals surface area contributed by atoms with E-state index in [1.165, 1.54) is 0 Å². The maximum atomic E-state index is 12.2. The van der Waals surface area contributed by atoms with E-state index in [1.807, 2.05) is 19.1 Å². The molecule has 6 N–H and O–H groups in total. The summed E-state index contributed by atoms with van der Waals surface area (Å²) in [6, 6.07) is 7.40. The maximum Gasteiger partial charge on any atom is 0.272 e. The number of hydrogen-bond acceptors (Lipinski definition) is 6. The Morgan fingerprint density at radius 1 is 1.44 bits per heavy atom. The molecule has 25 heavy (non-hydrogen) atoms. The number of hydrogen-bond donors (Lipinski definition) is 4. The van der Waals surface area contributed by atoms with E-state index >= 15 is 0 Å². The van der Waals surface area contributed by atoms with Crippen molar-refractivity contribution in [2.45, 2.75) is 32.3 Å². The molecule has 1 amide bonds. The van der Waals surface area contributed by atoms with Gasteiger partial charge in [0.25, 0.3) is 5.91 Å². The molecule has 1 aliphatic rings. The first-order chi connectivity index (χ1) is 11.9. The first-order valence-corrected chi connectivity index (χ1v) is 8.60. The molecular formula is C17H25ClN4O3. The standard InChI is InChI=1S/C17H25ClN4O3/c1-3-24-16(20)14(18)15(19)17(23)22-12-6-4-11(5-7-12)13-9-21-8-10(2)25-13/h4-7,10,13,16,21H,3,8-9,19-20H2,1-2H3,(H,22,23)/b15-14+/t10-,13-,16?/m1/s1. The highest BCUT2D eigenvalue weighted by atomic mass is 35.5. The van der Waals surface area contributed by atoms with Crippen molar-refractivity contribution in [3.05, 3.63) is 40.6 Å². The first-order valence-electron chi connectivity index (χ1n) is 8.22. The van der Waals surface area contributed by atoms with Crippen LogP contribution in [0.15, 0.2) is 35.0 Å². The minimum atomic E-state index is -0.919. The Morgan fingerprint density at radius 3 is 2.72 bits per heavy atom. The number of nitrogens with two attached hydrogens (primary N) is 2. The van der Waals surface area contributed by atoms with Crippen LogP contribution in [-0.2, 0) is 14.3 Å². The lowest BCUT2D eigenvalue weighted by atomic mass is 10.1. The number of amides is 1. The van der Waals surface area contributed by atoms with Gasteiger partial charge in [-0.2, -0.15) is 0 Å². The number of anilines is 1. The van der Waals surface area contributed by atoms with Crippen molar-refractivity contribution in [3.63, 3.8) is 0 Å². The number of rotatable bonds is 6. The van der Waals surface area contributed by atoms with Gasteiger partial charge in [-0.15, -0.1) is 0 Å². The number of carbonyl (C=O) groups is 1. The van der Waals surface area contributed by atoms with Crippen molar-refractivity contribution in [1.82, 2.24) is 5.32 Å². The Balaban J connectivity index is 2.00. The molecule has 0 aromatic heterocycles. The van der Waals surface area contributed by atoms with Crippen molar-refractivity contribution < 1.29 is 14.3 Å². The van der Waals surface area contributed by atoms with Gasteiger partial charge in [-0.05, 0) is 31.5 Å². The fourth-order valence-electron chi connectivity index (χ4n) is 2.48. The van der Waals surface area contributed by atoms with Crippen LogP contribution in [0.4, 0.5) is 5.69 Å². The van der Waals surface area contributed by atoms with Crippen LogP contribution in [0, 0.1) is 0 Å². The van der Waals surface area contributed by atoms with E-state index < -0.39 is 12.1 Å². The normalized spacial score (nSPS) is 22.9. The molecule has 1 aromatic rings. The monoisotopic (exact) mass is 368 g/mol. The summed E-state index contributed by atoms with van der Waals surface area (Å²) in [5.41, 5.74) is 12.9. The molecule has 1 unspecified atom stereocenters. The Hall–Kier alpha value is -1.64. The van der Waals surface area contributed by atoms with Crippen LogP contribution >= 0.6 is 11.6 Å². The lowest BCUT2D eigenvalue weighted by Crippen LogP contribution is -2.38. The van der Waals surface area contributed by atoms with E-state index in [-0.39, 0.29) is 22.9 Å². The highest BCUT2D eigenvalue weighted by molar-refractivity contribution is 6.32. The number of carbonyl (C=O) groups excluding carboxylic acids is 1. The minimum absolute atomic E-state index is 0.00268. The molecule has 1 heterocycles. The fourth-order valence-corrected chi connectivity index (χ4v) is 2.63. The van der Waals surface area contributed by atoms with Crippen LogP contribution in [0.5, 0.6) is 0 Å². The Labute approximate surface area is 152 Å². The second-order valence-corrected chi connectivity index (χ2v) is 6.21. The third-order valence-electron chi connectivity index (χ3n) is 3.80. The molecule has 138 valence electrons. The van der Waals surface area contributed by atoms with Gasteiger partial charge >= 0.3 is 0 Å². The molecule has 1 aliphatic heterocycles. The van der Waals surface area contributed by atoms with Gasteiger partial charge in [0, 0.05) is 25.4 Å². The second kappa shape index (κ2) is 9.17. The molecule has 3 atom stereocenters. The van der Waals surface area contributed by atoms with Crippen molar-refractivity contribution >= 4 is 23.2 Å². The number of morpholine rings is 1. The van der Waals surface area contributed by atoms with Crippen molar-refractivity contribution in [2.75, 3.05) is 25.0 Å². The van der Waals surface area contributed by atoms with E-state index in [0.29, 0.717) is 12.3 Å². The van der Waals surface area contributed by atoms with Crippen molar-refractivity contribution in [2.24, 2.45) is 11.5 Å². The zero-order valence-electron chi connectivity index (χ0n) is 14.4. The molecular weight excluding hydrogens is 344 g/mol. The van der Waals surface area contributed by atoms with Gasteiger partial charge < -0.3 is 31.6 Å². The minimum Gasteiger partial charge on any atom is -0.393 e. The Kier molecular flexibility index (Phi) is 7.22. The number of benzene rings is 1. The Morgan fingerprint density at radius 2 is 2.12 bits per heavy atom. The van der Waals surface area contributed by atoms with Crippen LogP contribution in [-0.4, -0.2) is 37.9 Å². The average Bonchev–Trinajstić information content (AvgIpc) is 2.61. The summed E-state index contributed by atoms with van der Waals surface area (Å²) in [5, 5.41) is 5.99. The molecule has 0 radical (unpaired) electrons. The lowest BCUT2D eigenvalue weighted by Gasteiger charge is -2.29. The molecule has 1 saturated heterocycles. The van der Waals surface area contributed by atoms with E-state index in [0.717, 1.165) is 18.7 Å². The van der Waals surface area contributed by atoms with Crippen molar-refractivity contribution in [1.29, 1.82) is 0 Å². The number of halogens is 1. The summed E-state index contributed by atoms with van der Waals surface area (Å²) >= 11 is 5.98. The molecule has 2 rings (SSSR count). The smallest absolute Gasteiger partial charge is 0.272 e. The molecule has 0 aliphatic carbocycles. The predicted molar refractivity (Wildman–Crippen MR) is 97.9 cm³/mol. The fraction of sp³-hybridized carbons (Fsp3) is 0.471. The van der Waals surface area contributed by atoms with Gasteiger partial charge in [0.05, 0.1) is 17.2 Å². The molecule has 7 nitrogen and oxygen atoms in total. The number of nitrogens with one attached hydrogen (secondary N) is 2. The van der Waals surface area contributed by atoms with Crippen molar-refractivity contribution in [3.8, 4) is 0 Å². The summed E-state index contributed by atoms with van der Waals surface area (Å²) in [6.07, 6.45) is -0.755. The Bertz CT molecular complexity index is 621. The molecule has 8 heteroatoms. The lowest BCUT2D eigenvalue weighted by molar-refractivity contribution is -0.113. The second-order valence-electron chi connectivity index (χ2n) is 5.81.